The van der Waals surface area contributed by atoms with E-state index in [1.807, 2.05) is 0 Å². The van der Waals surface area contributed by atoms with Gasteiger partial charge in [-0.1, -0.05) is 0 Å². The van der Waals surface area contributed by atoms with Crippen LogP contribution < -0.4 is 10.2 Å². The molecule has 0 aromatic carbocycles. The Hall–Kier alpha value is -1.59. The van der Waals surface area contributed by atoms with Gasteiger partial charge >= 0.3 is 11.6 Å². The predicted octanol–water partition coefficient (Wildman–Crippen LogP) is -1.41. The number of hydrogen-bond acceptors (Lipinski definition) is 4. The van der Waals surface area contributed by atoms with Gasteiger partial charge in [-0.05, 0) is 4.90 Å². The van der Waals surface area contributed by atoms with E-state index >= 15 is 0 Å². The highest BCUT2D eigenvalue weighted by Crippen LogP contribution is 2.05. The fraction of sp³-hybridized carbons (Fsp3) is 0.400. The Kier molecular flexibility index (Phi) is 1.09. The lowest BCUT2D eigenvalue weighted by Crippen LogP contribution is -2.38. The summed E-state index contributed by atoms with van der Waals surface area (Å²) >= 11 is 0. The largest absolute Gasteiger partial charge is 0.359 e. The van der Waals surface area contributed by atoms with Crippen molar-refractivity contribution in [3.05, 3.63) is 16.6 Å². The minimum atomic E-state index is -0.343. The molecule has 0 aliphatic carbocycles. The molecule has 0 bridgehead atoms. The third kappa shape index (κ3) is 0.754. The van der Waals surface area contributed by atoms with E-state index in [4.69, 9.17) is 0 Å². The standard InChI is InChI=1S/C5H5N3O3/c9-5-4-3(1-2-6-5)8(10)11-7-4/h1-2H2,(H,6,9). The van der Waals surface area contributed by atoms with Crippen LogP contribution in [0.25, 0.3) is 0 Å². The summed E-state index contributed by atoms with van der Waals surface area (Å²) in [5.74, 6) is -0.343. The average molecular weight is 155 g/mol. The second-order valence-electron chi connectivity index (χ2n) is 2.23. The van der Waals surface area contributed by atoms with Gasteiger partial charge < -0.3 is 10.5 Å². The lowest BCUT2D eigenvalue weighted by atomic mass is 10.2. The molecule has 11 heavy (non-hydrogen) atoms. The van der Waals surface area contributed by atoms with Gasteiger partial charge in [0.15, 0.2) is 0 Å². The first-order chi connectivity index (χ1) is 5.29. The third-order valence-electron chi connectivity index (χ3n) is 1.56. The maximum Gasteiger partial charge on any atom is 0.308 e. The fourth-order valence-corrected chi connectivity index (χ4v) is 1.03. The van der Waals surface area contributed by atoms with Gasteiger partial charge in [-0.25, -0.2) is 0 Å². The normalized spacial score (nSPS) is 15.8. The molecule has 0 unspecified atom stereocenters. The summed E-state index contributed by atoms with van der Waals surface area (Å²) in [5, 5.41) is 16.6. The maximum atomic E-state index is 10.9. The molecule has 0 radical (unpaired) electrons. The molecular weight excluding hydrogens is 150 g/mol. The zero-order valence-corrected chi connectivity index (χ0v) is 5.53. The number of fused-ring (bicyclic) bond motifs is 1. The molecular formula is C5H5N3O3. The number of carbonyl (C=O) groups excluding carboxylic acids is 1. The number of nitrogens with one attached hydrogen (secondary N) is 1. The Morgan fingerprint density at radius 1 is 1.73 bits per heavy atom. The summed E-state index contributed by atoms with van der Waals surface area (Å²) in [6.07, 6.45) is 0.480. The topological polar surface area (TPSA) is 82.1 Å². The van der Waals surface area contributed by atoms with Gasteiger partial charge in [-0.2, -0.15) is 0 Å². The first-order valence-electron chi connectivity index (χ1n) is 3.16. The monoisotopic (exact) mass is 155 g/mol. The first kappa shape index (κ1) is 6.14. The summed E-state index contributed by atoms with van der Waals surface area (Å²) < 4.78 is 4.24. The van der Waals surface area contributed by atoms with Crippen LogP contribution in [0.5, 0.6) is 0 Å². The van der Waals surface area contributed by atoms with Crippen molar-refractivity contribution in [2.75, 3.05) is 6.54 Å². The van der Waals surface area contributed by atoms with E-state index < -0.39 is 0 Å². The van der Waals surface area contributed by atoms with Crippen molar-refractivity contribution in [3.63, 3.8) is 0 Å². The number of aromatic nitrogens is 2. The quantitative estimate of drug-likeness (QED) is 0.467. The van der Waals surface area contributed by atoms with E-state index in [9.17, 15) is 10.0 Å². The number of nitrogens with zero attached hydrogens (tertiary/aromatic N) is 2. The van der Waals surface area contributed by atoms with Crippen molar-refractivity contribution in [3.8, 4) is 0 Å². The molecule has 1 aliphatic heterocycles. The van der Waals surface area contributed by atoms with Crippen LogP contribution in [-0.2, 0) is 6.42 Å². The zero-order valence-electron chi connectivity index (χ0n) is 5.53. The second kappa shape index (κ2) is 1.94. The van der Waals surface area contributed by atoms with Gasteiger partial charge in [-0.15, -0.1) is 0 Å². The highest BCUT2D eigenvalue weighted by Gasteiger charge is 2.29. The van der Waals surface area contributed by atoms with E-state index in [-0.39, 0.29) is 16.5 Å². The van der Waals surface area contributed by atoms with Crippen molar-refractivity contribution in [1.82, 2.24) is 10.5 Å². The van der Waals surface area contributed by atoms with Crippen LogP contribution in [0.15, 0.2) is 4.63 Å². The second-order valence-corrected chi connectivity index (χ2v) is 2.23. The molecule has 0 saturated carbocycles. The molecule has 1 N–H and O–H groups in total. The first-order valence-corrected chi connectivity index (χ1v) is 3.16. The molecule has 58 valence electrons. The van der Waals surface area contributed by atoms with Crippen LogP contribution >= 0.6 is 0 Å². The molecule has 6 heteroatoms. The van der Waals surface area contributed by atoms with Crippen LogP contribution in [0.3, 0.4) is 0 Å². The number of amides is 1. The van der Waals surface area contributed by atoms with Crippen LogP contribution in [0.2, 0.25) is 0 Å². The summed E-state index contributed by atoms with van der Waals surface area (Å²) in [5.41, 5.74) is 0.417. The number of rotatable bonds is 0. The zero-order chi connectivity index (χ0) is 7.84. The highest BCUT2D eigenvalue weighted by molar-refractivity contribution is 5.93. The molecule has 2 rings (SSSR count). The molecule has 1 aliphatic rings. The van der Waals surface area contributed by atoms with Crippen molar-refractivity contribution in [1.29, 1.82) is 0 Å². The van der Waals surface area contributed by atoms with Crippen LogP contribution in [0.1, 0.15) is 16.2 Å². The van der Waals surface area contributed by atoms with Gasteiger partial charge in [0.05, 0.1) is 5.16 Å². The summed E-state index contributed by atoms with van der Waals surface area (Å²) in [4.78, 5) is 11.2. The van der Waals surface area contributed by atoms with Gasteiger partial charge in [0.1, 0.15) is 0 Å². The third-order valence-corrected chi connectivity index (χ3v) is 1.56. The van der Waals surface area contributed by atoms with Crippen LogP contribution in [-0.4, -0.2) is 17.6 Å². The van der Waals surface area contributed by atoms with Gasteiger partial charge in [0, 0.05) is 13.0 Å². The Bertz CT molecular complexity index is 306. The van der Waals surface area contributed by atoms with E-state index in [1.54, 1.807) is 0 Å². The fourth-order valence-electron chi connectivity index (χ4n) is 1.03. The Labute approximate surface area is 61.3 Å². The SMILES string of the molecule is O=C1NCCc2c1no[n+]2[O-]. The smallest absolute Gasteiger partial charge is 0.308 e. The van der Waals surface area contributed by atoms with Gasteiger partial charge in [0.25, 0.3) is 0 Å². The summed E-state index contributed by atoms with van der Waals surface area (Å²) in [7, 11) is 0. The maximum absolute atomic E-state index is 10.9. The summed E-state index contributed by atoms with van der Waals surface area (Å²) in [6, 6.07) is 0. The van der Waals surface area contributed by atoms with Crippen molar-refractivity contribution in [2.45, 2.75) is 6.42 Å². The molecule has 0 spiro atoms. The molecule has 2 heterocycles. The minimum Gasteiger partial charge on any atom is -0.359 e. The minimum absolute atomic E-state index is 0.103. The number of carbonyl (C=O) groups is 1. The Morgan fingerprint density at radius 2 is 2.55 bits per heavy atom. The van der Waals surface area contributed by atoms with E-state index in [0.717, 1.165) is 0 Å². The van der Waals surface area contributed by atoms with Crippen LogP contribution in [0.4, 0.5) is 0 Å². The summed E-state index contributed by atoms with van der Waals surface area (Å²) in [6.45, 7) is 0.468. The Balaban J connectivity index is 2.55. The van der Waals surface area contributed by atoms with E-state index in [1.165, 1.54) is 0 Å². The van der Waals surface area contributed by atoms with Gasteiger partial charge in [-0.3, -0.25) is 9.42 Å². The highest BCUT2D eigenvalue weighted by atomic mass is 16.8. The van der Waals surface area contributed by atoms with Gasteiger partial charge in [0.2, 0.25) is 5.69 Å². The molecule has 1 aromatic heterocycles. The molecule has 1 aromatic rings. The molecule has 6 nitrogen and oxygen atoms in total. The molecule has 1 amide bonds. The molecule has 0 fully saturated rings. The van der Waals surface area contributed by atoms with Crippen molar-refractivity contribution in [2.24, 2.45) is 0 Å². The van der Waals surface area contributed by atoms with Crippen molar-refractivity contribution >= 4 is 5.91 Å². The Morgan fingerprint density at radius 3 is 3.27 bits per heavy atom. The van der Waals surface area contributed by atoms with E-state index in [2.05, 4.69) is 15.1 Å². The number of hydrogen-bond donors (Lipinski definition) is 1. The lowest BCUT2D eigenvalue weighted by molar-refractivity contribution is -0.807. The molecule has 0 atom stereocenters. The predicted molar refractivity (Wildman–Crippen MR) is 31.5 cm³/mol. The average Bonchev–Trinajstić information content (AvgIpc) is 2.35. The van der Waals surface area contributed by atoms with E-state index in [0.29, 0.717) is 18.7 Å². The lowest BCUT2D eigenvalue weighted by Gasteiger charge is -2.05. The van der Waals surface area contributed by atoms with Crippen molar-refractivity contribution < 1.29 is 14.3 Å². The molecule has 0 saturated heterocycles. The van der Waals surface area contributed by atoms with Crippen LogP contribution in [0, 0.1) is 5.21 Å².